The van der Waals surface area contributed by atoms with Crippen LogP contribution >= 0.6 is 0 Å². The predicted molar refractivity (Wildman–Crippen MR) is 130 cm³/mol. The number of aliphatic hydroxyl groups is 1. The summed E-state index contributed by atoms with van der Waals surface area (Å²) in [6, 6.07) is 19.2. The number of fused-ring (bicyclic) bond motifs is 1. The van der Waals surface area contributed by atoms with Gasteiger partial charge in [-0.2, -0.15) is 0 Å². The number of likely N-dealkylation sites (tertiary alicyclic amines) is 1. The summed E-state index contributed by atoms with van der Waals surface area (Å²) in [7, 11) is 1.53. The molecule has 1 unspecified atom stereocenters. The normalized spacial score (nSPS) is 17.3. The molecule has 0 spiro atoms. The van der Waals surface area contributed by atoms with E-state index in [1.165, 1.54) is 30.2 Å². The molecule has 1 saturated heterocycles. The lowest BCUT2D eigenvalue weighted by atomic mass is 9.95. The summed E-state index contributed by atoms with van der Waals surface area (Å²) in [5, 5.41) is 12.2. The molecule has 35 heavy (non-hydrogen) atoms. The number of nitrogens with one attached hydrogen (secondary N) is 1. The Balaban J connectivity index is 1.56. The highest BCUT2D eigenvalue weighted by atomic mass is 19.1. The van der Waals surface area contributed by atoms with E-state index in [4.69, 9.17) is 4.74 Å². The lowest BCUT2D eigenvalue weighted by Crippen LogP contribution is -2.31. The van der Waals surface area contributed by atoms with Crippen LogP contribution in [-0.4, -0.2) is 40.3 Å². The summed E-state index contributed by atoms with van der Waals surface area (Å²) in [5.74, 6) is -1.74. The Morgan fingerprint density at radius 3 is 2.57 bits per heavy atom. The van der Waals surface area contributed by atoms with Crippen molar-refractivity contribution in [3.63, 3.8) is 0 Å². The molecular weight excluding hydrogens is 447 g/mol. The Labute approximate surface area is 201 Å². The number of ketones is 1. The molecule has 0 bridgehead atoms. The molecule has 1 aliphatic heterocycles. The number of carbonyl (C=O) groups excluding carboxylic acids is 2. The second-order valence-corrected chi connectivity index (χ2v) is 8.39. The quantitative estimate of drug-likeness (QED) is 0.237. The molecule has 2 heterocycles. The van der Waals surface area contributed by atoms with Crippen molar-refractivity contribution >= 4 is 28.4 Å². The first-order valence-corrected chi connectivity index (χ1v) is 11.2. The smallest absolute Gasteiger partial charge is 0.295 e. The van der Waals surface area contributed by atoms with Crippen molar-refractivity contribution in [1.29, 1.82) is 0 Å². The standard InChI is InChI=1S/C28H23FN2O4/c1-35-21-11-9-17(10-12-21)26(32)24-25(18-5-4-6-20(29)15-18)31(28(34)27(24)33)14-13-19-16-30-23-8-3-2-7-22(19)23/h2-12,15-16,25,30,32H,13-14H2,1H3/b26-24-. The molecule has 0 radical (unpaired) electrons. The first kappa shape index (κ1) is 22.4. The van der Waals surface area contributed by atoms with E-state index >= 15 is 0 Å². The fourth-order valence-electron chi connectivity index (χ4n) is 4.62. The van der Waals surface area contributed by atoms with Crippen LogP contribution in [-0.2, 0) is 16.0 Å². The van der Waals surface area contributed by atoms with Crippen molar-refractivity contribution in [1.82, 2.24) is 9.88 Å². The van der Waals surface area contributed by atoms with Gasteiger partial charge in [0.2, 0.25) is 0 Å². The highest BCUT2D eigenvalue weighted by Gasteiger charge is 2.46. The third kappa shape index (κ3) is 4.05. The van der Waals surface area contributed by atoms with E-state index in [-0.39, 0.29) is 17.9 Å². The summed E-state index contributed by atoms with van der Waals surface area (Å²) in [4.78, 5) is 30.9. The van der Waals surface area contributed by atoms with E-state index in [0.717, 1.165) is 16.5 Å². The molecule has 7 heteroatoms. The van der Waals surface area contributed by atoms with Crippen LogP contribution < -0.4 is 4.74 Å². The zero-order chi connectivity index (χ0) is 24.5. The number of H-pyrrole nitrogens is 1. The summed E-state index contributed by atoms with van der Waals surface area (Å²) < 4.78 is 19.3. The molecule has 0 aliphatic carbocycles. The number of para-hydroxylation sites is 1. The Hall–Kier alpha value is -4.39. The first-order chi connectivity index (χ1) is 17.0. The van der Waals surface area contributed by atoms with E-state index in [1.807, 2.05) is 30.5 Å². The van der Waals surface area contributed by atoms with Gasteiger partial charge in [-0.3, -0.25) is 9.59 Å². The maximum absolute atomic E-state index is 14.2. The van der Waals surface area contributed by atoms with Crippen molar-refractivity contribution in [3.05, 3.63) is 107 Å². The van der Waals surface area contributed by atoms with Crippen LogP contribution in [0.4, 0.5) is 4.39 Å². The number of aromatic nitrogens is 1. The van der Waals surface area contributed by atoms with E-state index in [9.17, 15) is 19.1 Å². The number of nitrogens with zero attached hydrogens (tertiary/aromatic N) is 1. The van der Waals surface area contributed by atoms with E-state index in [2.05, 4.69) is 4.98 Å². The molecule has 4 aromatic rings. The van der Waals surface area contributed by atoms with Crippen LogP contribution in [0.2, 0.25) is 0 Å². The molecule has 0 saturated carbocycles. The van der Waals surface area contributed by atoms with Crippen LogP contribution in [0.5, 0.6) is 5.75 Å². The Bertz CT molecular complexity index is 1460. The van der Waals surface area contributed by atoms with Crippen molar-refractivity contribution in [2.45, 2.75) is 12.5 Å². The predicted octanol–water partition coefficient (Wildman–Crippen LogP) is 4.98. The molecule has 1 aromatic heterocycles. The van der Waals surface area contributed by atoms with Gasteiger partial charge in [0.25, 0.3) is 11.7 Å². The molecule has 1 aliphatic rings. The van der Waals surface area contributed by atoms with Gasteiger partial charge in [0.1, 0.15) is 17.3 Å². The van der Waals surface area contributed by atoms with Gasteiger partial charge >= 0.3 is 0 Å². The zero-order valence-corrected chi connectivity index (χ0v) is 19.0. The van der Waals surface area contributed by atoms with Gasteiger partial charge in [-0.15, -0.1) is 0 Å². The number of benzene rings is 3. The lowest BCUT2D eigenvalue weighted by Gasteiger charge is -2.25. The third-order valence-electron chi connectivity index (χ3n) is 6.36. The minimum Gasteiger partial charge on any atom is -0.507 e. The number of carbonyl (C=O) groups is 2. The Morgan fingerprint density at radius 2 is 1.83 bits per heavy atom. The van der Waals surface area contributed by atoms with Crippen LogP contribution in [0, 0.1) is 5.82 Å². The molecule has 1 atom stereocenters. The highest BCUT2D eigenvalue weighted by Crippen LogP contribution is 2.40. The fraction of sp³-hybridized carbons (Fsp3) is 0.143. The number of hydrogen-bond acceptors (Lipinski definition) is 4. The number of amides is 1. The summed E-state index contributed by atoms with van der Waals surface area (Å²) in [6.07, 6.45) is 2.36. The molecule has 5 rings (SSSR count). The maximum Gasteiger partial charge on any atom is 0.295 e. The molecule has 1 fully saturated rings. The van der Waals surface area contributed by atoms with Gasteiger partial charge in [0, 0.05) is 29.2 Å². The Kier molecular flexibility index (Phi) is 5.82. The van der Waals surface area contributed by atoms with E-state index in [0.29, 0.717) is 23.3 Å². The number of halogens is 1. The number of methoxy groups -OCH3 is 1. The minimum atomic E-state index is -0.919. The minimum absolute atomic E-state index is 0.0651. The van der Waals surface area contributed by atoms with E-state index < -0.39 is 23.5 Å². The molecule has 1 amide bonds. The molecule has 2 N–H and O–H groups in total. The molecule has 6 nitrogen and oxygen atoms in total. The average Bonchev–Trinajstić information content (AvgIpc) is 3.40. The number of Topliss-reactive ketones (excluding diaryl/α,β-unsaturated/α-hetero) is 1. The van der Waals surface area contributed by atoms with Crippen molar-refractivity contribution in [2.75, 3.05) is 13.7 Å². The van der Waals surface area contributed by atoms with Crippen LogP contribution in [0.1, 0.15) is 22.7 Å². The first-order valence-electron chi connectivity index (χ1n) is 11.2. The summed E-state index contributed by atoms with van der Waals surface area (Å²) in [6.45, 7) is 0.215. The summed E-state index contributed by atoms with van der Waals surface area (Å²) in [5.41, 5.74) is 2.69. The monoisotopic (exact) mass is 470 g/mol. The third-order valence-corrected chi connectivity index (χ3v) is 6.36. The number of rotatable bonds is 6. The largest absolute Gasteiger partial charge is 0.507 e. The highest BCUT2D eigenvalue weighted by molar-refractivity contribution is 6.46. The van der Waals surface area contributed by atoms with Gasteiger partial charge in [-0.1, -0.05) is 30.3 Å². The second-order valence-electron chi connectivity index (χ2n) is 8.39. The SMILES string of the molecule is COc1ccc(/C(O)=C2/C(=O)C(=O)N(CCc3c[nH]c4ccccc34)C2c2cccc(F)c2)cc1. The number of ether oxygens (including phenoxy) is 1. The fourth-order valence-corrected chi connectivity index (χ4v) is 4.62. The average molecular weight is 471 g/mol. The van der Waals surface area contributed by atoms with Crippen LogP contribution in [0.25, 0.3) is 16.7 Å². The second kappa shape index (κ2) is 9.10. The van der Waals surface area contributed by atoms with E-state index in [1.54, 1.807) is 30.3 Å². The number of hydrogen-bond donors (Lipinski definition) is 2. The van der Waals surface area contributed by atoms with Gasteiger partial charge in [-0.25, -0.2) is 4.39 Å². The Morgan fingerprint density at radius 1 is 1.06 bits per heavy atom. The zero-order valence-electron chi connectivity index (χ0n) is 19.0. The van der Waals surface area contributed by atoms with Gasteiger partial charge in [0.15, 0.2) is 0 Å². The van der Waals surface area contributed by atoms with Gasteiger partial charge in [-0.05, 0) is 60.0 Å². The number of aliphatic hydroxyl groups excluding tert-OH is 1. The molecule has 176 valence electrons. The van der Waals surface area contributed by atoms with Crippen molar-refractivity contribution in [3.8, 4) is 5.75 Å². The van der Waals surface area contributed by atoms with Gasteiger partial charge < -0.3 is 19.7 Å². The maximum atomic E-state index is 14.2. The topological polar surface area (TPSA) is 82.6 Å². The van der Waals surface area contributed by atoms with Crippen LogP contribution in [0.15, 0.2) is 84.6 Å². The number of aromatic amines is 1. The lowest BCUT2D eigenvalue weighted by molar-refractivity contribution is -0.139. The van der Waals surface area contributed by atoms with Crippen molar-refractivity contribution < 1.29 is 23.8 Å². The van der Waals surface area contributed by atoms with Gasteiger partial charge in [0.05, 0.1) is 18.7 Å². The van der Waals surface area contributed by atoms with Crippen molar-refractivity contribution in [2.24, 2.45) is 0 Å². The summed E-state index contributed by atoms with van der Waals surface area (Å²) >= 11 is 0. The molecule has 3 aromatic carbocycles. The van der Waals surface area contributed by atoms with Crippen LogP contribution in [0.3, 0.4) is 0 Å². The molecular formula is C28H23FN2O4.